The van der Waals surface area contributed by atoms with Crippen LogP contribution in [0.3, 0.4) is 0 Å². The lowest BCUT2D eigenvalue weighted by atomic mass is 10.1. The number of hydrogen-bond donors (Lipinski definition) is 1. The predicted molar refractivity (Wildman–Crippen MR) is 86.3 cm³/mol. The number of alkyl halides is 1. The van der Waals surface area contributed by atoms with Crippen LogP contribution >= 0.6 is 22.6 Å². The minimum atomic E-state index is -3.39. The van der Waals surface area contributed by atoms with Crippen LogP contribution in [-0.4, -0.2) is 18.9 Å². The average molecular weight is 393 g/mol. The van der Waals surface area contributed by atoms with Crippen molar-refractivity contribution in [2.75, 3.05) is 4.43 Å². The highest BCUT2D eigenvalue weighted by molar-refractivity contribution is 14.1. The SMILES string of the molecule is CC(C)C(CI)NS(=O)(=O)c1ccc2c(c1)CCC2. The zero-order valence-corrected chi connectivity index (χ0v) is 14.3. The third-order valence-electron chi connectivity index (χ3n) is 3.66. The Balaban J connectivity index is 2.24. The van der Waals surface area contributed by atoms with E-state index < -0.39 is 10.0 Å². The third-order valence-corrected chi connectivity index (χ3v) is 6.09. The number of nitrogens with one attached hydrogen (secondary N) is 1. The molecule has 0 saturated heterocycles. The van der Waals surface area contributed by atoms with Gasteiger partial charge in [-0.2, -0.15) is 0 Å². The summed E-state index contributed by atoms with van der Waals surface area (Å²) in [5.74, 6) is 0.293. The van der Waals surface area contributed by atoms with Gasteiger partial charge in [0.25, 0.3) is 0 Å². The minimum absolute atomic E-state index is 0.0149. The molecule has 0 spiro atoms. The fourth-order valence-electron chi connectivity index (χ4n) is 2.33. The van der Waals surface area contributed by atoms with Crippen molar-refractivity contribution in [1.29, 1.82) is 0 Å². The van der Waals surface area contributed by atoms with E-state index in [2.05, 4.69) is 27.3 Å². The van der Waals surface area contributed by atoms with Crippen LogP contribution in [0.4, 0.5) is 0 Å². The lowest BCUT2D eigenvalue weighted by Crippen LogP contribution is -2.39. The van der Waals surface area contributed by atoms with Gasteiger partial charge in [0.05, 0.1) is 4.90 Å². The molecule has 0 aromatic heterocycles. The van der Waals surface area contributed by atoms with Gasteiger partial charge in [-0.15, -0.1) is 0 Å². The highest BCUT2D eigenvalue weighted by Crippen LogP contribution is 2.25. The number of rotatable bonds is 5. The first-order chi connectivity index (χ1) is 8.94. The number of hydrogen-bond acceptors (Lipinski definition) is 2. The van der Waals surface area contributed by atoms with Gasteiger partial charge in [-0.05, 0) is 48.4 Å². The molecule has 0 heterocycles. The Bertz CT molecular complexity index is 555. The van der Waals surface area contributed by atoms with Crippen LogP contribution in [0.5, 0.6) is 0 Å². The summed E-state index contributed by atoms with van der Waals surface area (Å²) in [5, 5.41) is 0. The molecule has 1 N–H and O–H groups in total. The second-order valence-corrected chi connectivity index (χ2v) is 8.00. The van der Waals surface area contributed by atoms with E-state index in [0.29, 0.717) is 10.8 Å². The van der Waals surface area contributed by atoms with Gasteiger partial charge in [0, 0.05) is 10.5 Å². The number of sulfonamides is 1. The molecule has 3 nitrogen and oxygen atoms in total. The molecule has 0 radical (unpaired) electrons. The summed E-state index contributed by atoms with van der Waals surface area (Å²) in [7, 11) is -3.39. The Kier molecular flexibility index (Phi) is 4.89. The average Bonchev–Trinajstić information content (AvgIpc) is 2.82. The molecular formula is C14H20INO2S. The molecule has 0 bridgehead atoms. The highest BCUT2D eigenvalue weighted by Gasteiger charge is 2.23. The summed E-state index contributed by atoms with van der Waals surface area (Å²) in [6.45, 7) is 4.07. The molecule has 1 aliphatic carbocycles. The quantitative estimate of drug-likeness (QED) is 0.618. The van der Waals surface area contributed by atoms with Gasteiger partial charge in [-0.1, -0.05) is 42.5 Å². The molecule has 1 aromatic carbocycles. The Morgan fingerprint density at radius 3 is 2.58 bits per heavy atom. The van der Waals surface area contributed by atoms with Crippen molar-refractivity contribution in [2.45, 2.75) is 44.0 Å². The van der Waals surface area contributed by atoms with Crippen LogP contribution in [0.2, 0.25) is 0 Å². The molecule has 0 aliphatic heterocycles. The monoisotopic (exact) mass is 393 g/mol. The van der Waals surface area contributed by atoms with E-state index in [1.807, 2.05) is 26.0 Å². The Labute approximate surface area is 129 Å². The van der Waals surface area contributed by atoms with Crippen molar-refractivity contribution in [3.63, 3.8) is 0 Å². The van der Waals surface area contributed by atoms with Gasteiger partial charge < -0.3 is 0 Å². The van der Waals surface area contributed by atoms with Gasteiger partial charge in [0.2, 0.25) is 10.0 Å². The highest BCUT2D eigenvalue weighted by atomic mass is 127. The second-order valence-electron chi connectivity index (χ2n) is 5.41. The van der Waals surface area contributed by atoms with E-state index in [0.717, 1.165) is 23.7 Å². The van der Waals surface area contributed by atoms with Gasteiger partial charge in [0.15, 0.2) is 0 Å². The Morgan fingerprint density at radius 2 is 1.95 bits per heavy atom. The zero-order valence-electron chi connectivity index (χ0n) is 11.3. The zero-order chi connectivity index (χ0) is 14.0. The van der Waals surface area contributed by atoms with Crippen LogP contribution in [-0.2, 0) is 22.9 Å². The van der Waals surface area contributed by atoms with Crippen LogP contribution in [0.15, 0.2) is 23.1 Å². The first-order valence-corrected chi connectivity index (χ1v) is 9.65. The molecule has 0 amide bonds. The van der Waals surface area contributed by atoms with Crippen LogP contribution in [0.25, 0.3) is 0 Å². The van der Waals surface area contributed by atoms with E-state index in [9.17, 15) is 8.42 Å². The fourth-order valence-corrected chi connectivity index (χ4v) is 5.30. The predicted octanol–water partition coefficient (Wildman–Crippen LogP) is 2.91. The normalized spacial score (nSPS) is 16.6. The molecule has 1 atom stereocenters. The molecule has 106 valence electrons. The van der Waals surface area contributed by atoms with Crippen molar-refractivity contribution < 1.29 is 8.42 Å². The number of fused-ring (bicyclic) bond motifs is 1. The lowest BCUT2D eigenvalue weighted by molar-refractivity contribution is 0.486. The van der Waals surface area contributed by atoms with E-state index in [-0.39, 0.29) is 6.04 Å². The van der Waals surface area contributed by atoms with Crippen molar-refractivity contribution in [1.82, 2.24) is 4.72 Å². The van der Waals surface area contributed by atoms with E-state index in [1.165, 1.54) is 11.1 Å². The molecule has 1 aromatic rings. The summed E-state index contributed by atoms with van der Waals surface area (Å²) in [6.07, 6.45) is 3.21. The second kappa shape index (κ2) is 6.10. The van der Waals surface area contributed by atoms with Crippen molar-refractivity contribution in [2.24, 2.45) is 5.92 Å². The topological polar surface area (TPSA) is 46.2 Å². The van der Waals surface area contributed by atoms with Gasteiger partial charge in [-0.25, -0.2) is 13.1 Å². The minimum Gasteiger partial charge on any atom is -0.207 e. The molecule has 0 fully saturated rings. The molecule has 1 unspecified atom stereocenters. The number of aryl methyl sites for hydroxylation is 2. The number of benzene rings is 1. The summed E-state index contributed by atoms with van der Waals surface area (Å²) in [4.78, 5) is 0.406. The van der Waals surface area contributed by atoms with Crippen LogP contribution in [0.1, 0.15) is 31.4 Å². The lowest BCUT2D eigenvalue weighted by Gasteiger charge is -2.20. The maximum atomic E-state index is 12.4. The first-order valence-electron chi connectivity index (χ1n) is 6.64. The van der Waals surface area contributed by atoms with Gasteiger partial charge in [0.1, 0.15) is 0 Å². The molecular weight excluding hydrogens is 373 g/mol. The number of halogens is 1. The first kappa shape index (κ1) is 15.3. The molecule has 19 heavy (non-hydrogen) atoms. The van der Waals surface area contributed by atoms with Gasteiger partial charge >= 0.3 is 0 Å². The summed E-state index contributed by atoms with van der Waals surface area (Å²) in [6, 6.07) is 5.52. The maximum absolute atomic E-state index is 12.4. The third kappa shape index (κ3) is 3.49. The summed E-state index contributed by atoms with van der Waals surface area (Å²) in [5.41, 5.74) is 2.49. The standard InChI is InChI=1S/C14H20INO2S/c1-10(2)14(9-15)16-19(17,18)13-7-6-11-4-3-5-12(11)8-13/h6-8,10,14,16H,3-5,9H2,1-2H3. The van der Waals surface area contributed by atoms with Gasteiger partial charge in [-0.3, -0.25) is 0 Å². The smallest absolute Gasteiger partial charge is 0.207 e. The van der Waals surface area contributed by atoms with Crippen LogP contribution < -0.4 is 4.72 Å². The largest absolute Gasteiger partial charge is 0.240 e. The molecule has 0 saturated carbocycles. The van der Waals surface area contributed by atoms with Crippen molar-refractivity contribution >= 4 is 32.6 Å². The van der Waals surface area contributed by atoms with E-state index in [1.54, 1.807) is 6.07 Å². The summed E-state index contributed by atoms with van der Waals surface area (Å²) >= 11 is 2.23. The van der Waals surface area contributed by atoms with E-state index in [4.69, 9.17) is 0 Å². The van der Waals surface area contributed by atoms with Crippen molar-refractivity contribution in [3.8, 4) is 0 Å². The molecule has 2 rings (SSSR count). The maximum Gasteiger partial charge on any atom is 0.240 e. The molecule has 5 heteroatoms. The van der Waals surface area contributed by atoms with E-state index >= 15 is 0 Å². The Hall–Kier alpha value is -0.140. The molecule has 1 aliphatic rings. The van der Waals surface area contributed by atoms with Crippen molar-refractivity contribution in [3.05, 3.63) is 29.3 Å². The summed E-state index contributed by atoms with van der Waals surface area (Å²) < 4.78 is 28.4. The Morgan fingerprint density at radius 1 is 1.26 bits per heavy atom. The van der Waals surface area contributed by atoms with Crippen LogP contribution in [0, 0.1) is 5.92 Å². The fraction of sp³-hybridized carbons (Fsp3) is 0.571.